The van der Waals surface area contributed by atoms with Gasteiger partial charge in [-0.25, -0.2) is 13.4 Å². The second-order valence-corrected chi connectivity index (χ2v) is 7.13. The third kappa shape index (κ3) is 3.05. The molecule has 0 saturated carbocycles. The van der Waals surface area contributed by atoms with Gasteiger partial charge in [0.1, 0.15) is 0 Å². The maximum absolute atomic E-state index is 11.6. The highest BCUT2D eigenvalue weighted by molar-refractivity contribution is 7.90. The Balaban J connectivity index is 2.25. The molecule has 7 heteroatoms. The highest BCUT2D eigenvalue weighted by atomic mass is 32.2. The monoisotopic (exact) mass is 297 g/mol. The summed E-state index contributed by atoms with van der Waals surface area (Å²) in [5, 5.41) is 3.15. The molecule has 0 radical (unpaired) electrons. The lowest BCUT2D eigenvalue weighted by molar-refractivity contribution is 0.602. The number of rotatable bonds is 4. The molecule has 1 aromatic carbocycles. The fourth-order valence-electron chi connectivity index (χ4n) is 1.69. The van der Waals surface area contributed by atoms with Crippen LogP contribution >= 0.6 is 11.3 Å². The van der Waals surface area contributed by atoms with Crippen molar-refractivity contribution in [1.82, 2.24) is 4.98 Å². The fourth-order valence-corrected chi connectivity index (χ4v) is 3.24. The van der Waals surface area contributed by atoms with Crippen molar-refractivity contribution in [3.63, 3.8) is 0 Å². The molecule has 1 heterocycles. The van der Waals surface area contributed by atoms with E-state index in [-0.39, 0.29) is 10.6 Å². The van der Waals surface area contributed by atoms with Crippen molar-refractivity contribution >= 4 is 32.5 Å². The Morgan fingerprint density at radius 2 is 2.16 bits per heavy atom. The first-order valence-corrected chi connectivity index (χ1v) is 8.38. The molecule has 1 aromatic heterocycles. The van der Waals surface area contributed by atoms with E-state index in [9.17, 15) is 8.42 Å². The van der Waals surface area contributed by atoms with E-state index in [1.165, 1.54) is 6.07 Å². The quantitative estimate of drug-likeness (QED) is 0.844. The summed E-state index contributed by atoms with van der Waals surface area (Å²) in [5.41, 5.74) is 9.52. The molecule has 0 aliphatic rings. The summed E-state index contributed by atoms with van der Waals surface area (Å²) in [6.07, 6.45) is 1.15. The fraction of sp³-hybridized carbons (Fsp3) is 0.250. The molecule has 0 atom stereocenters. The first kappa shape index (κ1) is 13.8. The zero-order valence-electron chi connectivity index (χ0n) is 10.7. The average Bonchev–Trinajstić information content (AvgIpc) is 2.72. The van der Waals surface area contributed by atoms with Crippen LogP contribution in [0.2, 0.25) is 0 Å². The van der Waals surface area contributed by atoms with Crippen LogP contribution in [0.15, 0.2) is 28.6 Å². The van der Waals surface area contributed by atoms with Crippen molar-refractivity contribution in [1.29, 1.82) is 0 Å². The summed E-state index contributed by atoms with van der Waals surface area (Å²) in [6.45, 7) is 2.51. The van der Waals surface area contributed by atoms with Gasteiger partial charge in [0.2, 0.25) is 0 Å². The first-order chi connectivity index (χ1) is 8.89. The molecule has 102 valence electrons. The molecule has 0 saturated heterocycles. The number of nitrogens with two attached hydrogens (primary N) is 1. The first-order valence-electron chi connectivity index (χ1n) is 5.61. The molecule has 0 spiro atoms. The minimum absolute atomic E-state index is 0.151. The van der Waals surface area contributed by atoms with E-state index in [1.54, 1.807) is 29.0 Å². The number of hydrogen-bond donors (Lipinski definition) is 2. The van der Waals surface area contributed by atoms with Crippen LogP contribution in [0.4, 0.5) is 11.4 Å². The zero-order valence-corrected chi connectivity index (χ0v) is 12.3. The van der Waals surface area contributed by atoms with E-state index < -0.39 is 9.84 Å². The molecule has 5 nitrogen and oxygen atoms in total. The van der Waals surface area contributed by atoms with Gasteiger partial charge in [-0.1, -0.05) is 6.07 Å². The Kier molecular flexibility index (Phi) is 3.77. The van der Waals surface area contributed by atoms with E-state index in [1.807, 2.05) is 6.92 Å². The van der Waals surface area contributed by atoms with Crippen LogP contribution < -0.4 is 11.1 Å². The smallest absolute Gasteiger partial charge is 0.177 e. The van der Waals surface area contributed by atoms with Gasteiger partial charge in [0, 0.05) is 11.1 Å². The summed E-state index contributed by atoms with van der Waals surface area (Å²) in [6, 6.07) is 4.95. The molecule has 0 aliphatic carbocycles. The van der Waals surface area contributed by atoms with Crippen molar-refractivity contribution in [2.45, 2.75) is 18.4 Å². The van der Waals surface area contributed by atoms with Crippen LogP contribution in [0.1, 0.15) is 10.6 Å². The number of aromatic nitrogens is 1. The maximum atomic E-state index is 11.6. The van der Waals surface area contributed by atoms with E-state index in [4.69, 9.17) is 5.73 Å². The largest absolute Gasteiger partial charge is 0.396 e. The van der Waals surface area contributed by atoms with Crippen LogP contribution in [0.3, 0.4) is 0 Å². The summed E-state index contributed by atoms with van der Waals surface area (Å²) in [5.74, 6) is 0. The lowest BCUT2D eigenvalue weighted by Gasteiger charge is -2.11. The molecule has 0 fully saturated rings. The third-order valence-corrected chi connectivity index (χ3v) is 4.84. The van der Waals surface area contributed by atoms with E-state index in [0.717, 1.165) is 16.8 Å². The normalized spacial score (nSPS) is 11.5. The Labute approximate surface area is 116 Å². The lowest BCUT2D eigenvalue weighted by Crippen LogP contribution is -2.07. The van der Waals surface area contributed by atoms with E-state index in [2.05, 4.69) is 10.3 Å². The topological polar surface area (TPSA) is 85.1 Å². The van der Waals surface area contributed by atoms with Crippen LogP contribution in [0.25, 0.3) is 0 Å². The number of thiazole rings is 1. The molecule has 0 aliphatic heterocycles. The Hall–Kier alpha value is -1.60. The van der Waals surface area contributed by atoms with E-state index in [0.29, 0.717) is 12.2 Å². The van der Waals surface area contributed by atoms with Crippen molar-refractivity contribution in [3.8, 4) is 0 Å². The summed E-state index contributed by atoms with van der Waals surface area (Å²) >= 11 is 1.55. The molecule has 2 rings (SSSR count). The van der Waals surface area contributed by atoms with Crippen LogP contribution in [-0.4, -0.2) is 19.7 Å². The number of sulfone groups is 1. The Morgan fingerprint density at radius 1 is 1.42 bits per heavy atom. The minimum atomic E-state index is -3.31. The molecular formula is C12H15N3O2S2. The predicted molar refractivity (Wildman–Crippen MR) is 78.1 cm³/mol. The number of para-hydroxylation sites is 1. The highest BCUT2D eigenvalue weighted by Gasteiger charge is 2.14. The number of nitrogen functional groups attached to an aromatic ring is 1. The van der Waals surface area contributed by atoms with Gasteiger partial charge in [0.05, 0.1) is 34.0 Å². The van der Waals surface area contributed by atoms with Crippen LogP contribution in [0.5, 0.6) is 0 Å². The molecule has 0 bridgehead atoms. The third-order valence-electron chi connectivity index (χ3n) is 2.75. The van der Waals surface area contributed by atoms with E-state index >= 15 is 0 Å². The SMILES string of the molecule is Cc1ncsc1CNc1cccc(S(C)(=O)=O)c1N. The van der Waals surface area contributed by atoms with Crippen molar-refractivity contribution in [2.24, 2.45) is 0 Å². The van der Waals surface area contributed by atoms with Crippen molar-refractivity contribution in [2.75, 3.05) is 17.3 Å². The summed E-state index contributed by atoms with van der Waals surface area (Å²) < 4.78 is 23.2. The van der Waals surface area contributed by atoms with Gasteiger partial charge < -0.3 is 11.1 Å². The number of anilines is 2. The Morgan fingerprint density at radius 3 is 2.74 bits per heavy atom. The molecule has 0 unspecified atom stereocenters. The highest BCUT2D eigenvalue weighted by Crippen LogP contribution is 2.27. The summed E-state index contributed by atoms with van der Waals surface area (Å²) in [7, 11) is -3.31. The molecule has 0 amide bonds. The summed E-state index contributed by atoms with van der Waals surface area (Å²) in [4.78, 5) is 5.41. The second kappa shape index (κ2) is 5.18. The van der Waals surface area contributed by atoms with Crippen molar-refractivity contribution in [3.05, 3.63) is 34.3 Å². The molecule has 2 aromatic rings. The number of nitrogens with one attached hydrogen (secondary N) is 1. The van der Waals surface area contributed by atoms with Gasteiger partial charge in [-0.15, -0.1) is 11.3 Å². The van der Waals surface area contributed by atoms with Gasteiger partial charge in [0.25, 0.3) is 0 Å². The van der Waals surface area contributed by atoms with Gasteiger partial charge in [-0.05, 0) is 19.1 Å². The average molecular weight is 297 g/mol. The lowest BCUT2D eigenvalue weighted by atomic mass is 10.2. The predicted octanol–water partition coefficient (Wildman–Crippen LogP) is 2.05. The van der Waals surface area contributed by atoms with Crippen LogP contribution in [-0.2, 0) is 16.4 Å². The maximum Gasteiger partial charge on any atom is 0.177 e. The number of aryl methyl sites for hydroxylation is 1. The zero-order chi connectivity index (χ0) is 14.0. The van der Waals surface area contributed by atoms with Gasteiger partial charge in [-0.3, -0.25) is 0 Å². The molecule has 3 N–H and O–H groups in total. The number of hydrogen-bond acceptors (Lipinski definition) is 6. The van der Waals surface area contributed by atoms with Gasteiger partial charge in [-0.2, -0.15) is 0 Å². The van der Waals surface area contributed by atoms with Crippen LogP contribution in [0, 0.1) is 6.92 Å². The molecule has 19 heavy (non-hydrogen) atoms. The number of benzene rings is 1. The van der Waals surface area contributed by atoms with Gasteiger partial charge in [0.15, 0.2) is 9.84 Å². The Bertz CT molecular complexity index is 693. The number of nitrogens with zero attached hydrogens (tertiary/aromatic N) is 1. The van der Waals surface area contributed by atoms with Gasteiger partial charge >= 0.3 is 0 Å². The second-order valence-electron chi connectivity index (χ2n) is 4.20. The molecular weight excluding hydrogens is 282 g/mol. The standard InChI is InChI=1S/C12H15N3O2S2/c1-8-10(18-7-15-8)6-14-9-4-3-5-11(12(9)13)19(2,16)17/h3-5,7,14H,6,13H2,1-2H3. The van der Waals surface area contributed by atoms with Crippen molar-refractivity contribution < 1.29 is 8.42 Å². The minimum Gasteiger partial charge on any atom is -0.396 e.